The van der Waals surface area contributed by atoms with E-state index in [0.29, 0.717) is 11.8 Å². The Balaban J connectivity index is 0. The Labute approximate surface area is 239 Å². The summed E-state index contributed by atoms with van der Waals surface area (Å²) >= 11 is 9.83. The molecule has 0 spiro atoms. The molecule has 0 atom stereocenters. The van der Waals surface area contributed by atoms with Crippen LogP contribution >= 0.6 is 90.4 Å². The van der Waals surface area contributed by atoms with E-state index < -0.39 is 0 Å². The molecule has 0 nitrogen and oxygen atoms in total. The second-order valence-corrected chi connectivity index (χ2v) is 18.7. The molecule has 0 bridgehead atoms. The molecule has 0 amide bonds. The molecule has 0 heterocycles. The van der Waals surface area contributed by atoms with Crippen LogP contribution in [0.2, 0.25) is 0 Å². The van der Waals surface area contributed by atoms with Gasteiger partial charge < -0.3 is 0 Å². The number of rotatable bonds is 3. The van der Waals surface area contributed by atoms with Crippen molar-refractivity contribution in [1.29, 1.82) is 0 Å². The molecule has 0 saturated heterocycles. The summed E-state index contributed by atoms with van der Waals surface area (Å²) in [6.07, 6.45) is 0. The quantitative estimate of drug-likeness (QED) is 0.164. The smallest absolute Gasteiger partial charge is 0.0590 e. The minimum absolute atomic E-state index is 0. The zero-order chi connectivity index (χ0) is 18.5. The van der Waals surface area contributed by atoms with Gasteiger partial charge in [0.05, 0.1) is 0 Å². The summed E-state index contributed by atoms with van der Waals surface area (Å²) in [6.45, 7) is 11.0. The Bertz CT molecular complexity index is 648. The van der Waals surface area contributed by atoms with Crippen LogP contribution in [0.4, 0.5) is 0 Å². The van der Waals surface area contributed by atoms with E-state index in [1.807, 2.05) is 0 Å². The Morgan fingerprint density at radius 2 is 1.15 bits per heavy atom. The molecule has 0 aliphatic carbocycles. The van der Waals surface area contributed by atoms with Gasteiger partial charge in [0.15, 0.2) is 0 Å². The van der Waals surface area contributed by atoms with Gasteiger partial charge in [0.1, 0.15) is -0.565 Å². The van der Waals surface area contributed by atoms with Gasteiger partial charge in [-0.05, 0) is 126 Å². The summed E-state index contributed by atoms with van der Waals surface area (Å²) in [6, 6.07) is 15.5. The van der Waals surface area contributed by atoms with Gasteiger partial charge >= 0.3 is 0 Å². The van der Waals surface area contributed by atoms with Crippen LogP contribution in [0.5, 0.6) is 0 Å². The maximum atomic E-state index is 2.47. The Hall–Kier alpha value is 2.61. The second kappa shape index (κ2) is 14.6. The Kier molecular flexibility index (Phi) is 17.3. The van der Waals surface area contributed by atoms with Crippen LogP contribution in [0, 0.1) is 10.5 Å². The van der Waals surface area contributed by atoms with Crippen LogP contribution in [0.3, 0.4) is 0 Å². The number of hydrogen-bond donors (Lipinski definition) is 0. The SMILES string of the molecule is CC(C)c1ccc(C(I)(I)I)c(I)c1.Cc1ccc(C(C)C)cc1.[Ru].[Ru]. The molecule has 2 aromatic rings. The number of benzene rings is 2. The first-order valence-electron chi connectivity index (χ1n) is 7.95. The predicted molar refractivity (Wildman–Crippen MR) is 142 cm³/mol. The average molecular weight is 974 g/mol. The molecule has 2 aromatic carbocycles. The van der Waals surface area contributed by atoms with Crippen molar-refractivity contribution in [2.24, 2.45) is 0 Å². The second-order valence-electron chi connectivity index (χ2n) is 6.46. The van der Waals surface area contributed by atoms with E-state index >= 15 is 0 Å². The van der Waals surface area contributed by atoms with E-state index in [-0.39, 0.29) is 38.4 Å². The molecule has 0 fully saturated rings. The maximum Gasteiger partial charge on any atom is 0.150 e. The Morgan fingerprint density at radius 3 is 1.50 bits per heavy atom. The van der Waals surface area contributed by atoms with Crippen molar-refractivity contribution in [3.05, 3.63) is 68.3 Å². The van der Waals surface area contributed by atoms with Gasteiger partial charge in [0.2, 0.25) is 0 Å². The molecule has 0 saturated carbocycles. The minimum Gasteiger partial charge on any atom is -0.0590 e. The molecular formula is C20H24I4Ru2. The van der Waals surface area contributed by atoms with E-state index in [4.69, 9.17) is 0 Å². The molecule has 0 radical (unpaired) electrons. The third kappa shape index (κ3) is 11.1. The van der Waals surface area contributed by atoms with Gasteiger partial charge in [-0.3, -0.25) is 0 Å². The van der Waals surface area contributed by atoms with Crippen LogP contribution in [-0.4, -0.2) is 0 Å². The molecule has 0 unspecified atom stereocenters. The summed E-state index contributed by atoms with van der Waals surface area (Å²) in [5.41, 5.74) is 5.59. The fourth-order valence-electron chi connectivity index (χ4n) is 2.07. The van der Waals surface area contributed by atoms with E-state index in [2.05, 4.69) is 167 Å². The monoisotopic (exact) mass is 976 g/mol. The van der Waals surface area contributed by atoms with Crippen molar-refractivity contribution in [1.82, 2.24) is 0 Å². The van der Waals surface area contributed by atoms with E-state index in [9.17, 15) is 0 Å². The molecule has 6 heteroatoms. The van der Waals surface area contributed by atoms with Crippen LogP contribution in [0.15, 0.2) is 42.5 Å². The van der Waals surface area contributed by atoms with E-state index in [1.54, 1.807) is 0 Å². The minimum atomic E-state index is 0. The zero-order valence-corrected chi connectivity index (χ0v) is 27.5. The summed E-state index contributed by atoms with van der Waals surface area (Å²) in [5, 5.41) is 0. The molecule has 0 aliphatic rings. The summed E-state index contributed by atoms with van der Waals surface area (Å²) in [4.78, 5) is 0. The first kappa shape index (κ1) is 30.8. The van der Waals surface area contributed by atoms with Crippen LogP contribution in [0.1, 0.15) is 61.8 Å². The zero-order valence-electron chi connectivity index (χ0n) is 15.4. The molecule has 0 aliphatic heterocycles. The fraction of sp³-hybridized carbons (Fsp3) is 0.400. The summed E-state index contributed by atoms with van der Waals surface area (Å²) in [7, 11) is 0. The maximum absolute atomic E-state index is 2.47. The van der Waals surface area contributed by atoms with Crippen molar-refractivity contribution in [2.45, 2.75) is 45.9 Å². The molecule has 26 heavy (non-hydrogen) atoms. The first-order valence-corrected chi connectivity index (χ1v) is 12.3. The number of aryl methyl sites for hydroxylation is 1. The number of hydrogen-bond acceptors (Lipinski definition) is 0. The van der Waals surface area contributed by atoms with Gasteiger partial charge in [0.25, 0.3) is 0 Å². The van der Waals surface area contributed by atoms with Gasteiger partial charge in [-0.25, -0.2) is 0 Å². The molecular weight excluding hydrogens is 950 g/mol. The molecule has 0 aromatic heterocycles. The molecule has 2 rings (SSSR count). The summed E-state index contributed by atoms with van der Waals surface area (Å²) in [5.74, 6) is 1.27. The average Bonchev–Trinajstić information content (AvgIpc) is 2.46. The van der Waals surface area contributed by atoms with Gasteiger partial charge in [0, 0.05) is 48.1 Å². The van der Waals surface area contributed by atoms with E-state index in [0.717, 1.165) is 0 Å². The Morgan fingerprint density at radius 1 is 0.731 bits per heavy atom. The first-order chi connectivity index (χ1) is 11.0. The third-order valence-corrected chi connectivity index (χ3v) is 6.35. The van der Waals surface area contributed by atoms with Crippen LogP contribution in [-0.2, 0) is 38.4 Å². The van der Waals surface area contributed by atoms with Gasteiger partial charge in [-0.15, -0.1) is 0 Å². The predicted octanol–water partition coefficient (Wildman–Crippen LogP) is 8.94. The topological polar surface area (TPSA) is 0 Å². The van der Waals surface area contributed by atoms with Crippen LogP contribution in [0.25, 0.3) is 0 Å². The van der Waals surface area contributed by atoms with Crippen molar-refractivity contribution < 1.29 is 39.0 Å². The van der Waals surface area contributed by atoms with E-state index in [1.165, 1.54) is 25.8 Å². The van der Waals surface area contributed by atoms with Crippen molar-refractivity contribution in [2.75, 3.05) is 0 Å². The summed E-state index contributed by atoms with van der Waals surface area (Å²) < 4.78 is 1.53. The normalized spacial score (nSPS) is 10.6. The largest absolute Gasteiger partial charge is 0.150 e. The van der Waals surface area contributed by atoms with Crippen molar-refractivity contribution in [3.63, 3.8) is 0 Å². The van der Waals surface area contributed by atoms with Crippen LogP contribution < -0.4 is 0 Å². The van der Waals surface area contributed by atoms with Crippen molar-refractivity contribution in [3.8, 4) is 0 Å². The fourth-order valence-corrected chi connectivity index (χ4v) is 5.97. The van der Waals surface area contributed by atoms with Crippen molar-refractivity contribution >= 4 is 90.4 Å². The van der Waals surface area contributed by atoms with Gasteiger partial charge in [-0.1, -0.05) is 69.7 Å². The third-order valence-electron chi connectivity index (χ3n) is 3.71. The molecule has 0 N–H and O–H groups in total. The standard InChI is InChI=1S/C10H10I4.C10H14.2Ru/c1-6(2)7-3-4-8(9(11)5-7)10(12,13)14;1-8(2)10-6-4-9(3)5-7-10;;/h3-6H,1-2H3;4-8H,1-3H3;;. The number of halogens is 4. The number of alkyl halides is 3. The van der Waals surface area contributed by atoms with Gasteiger partial charge in [-0.2, -0.15) is 0 Å². The molecule has 148 valence electrons.